The third-order valence-electron chi connectivity index (χ3n) is 2.95. The van der Waals surface area contributed by atoms with Crippen LogP contribution in [-0.4, -0.2) is 16.1 Å². The van der Waals surface area contributed by atoms with Crippen molar-refractivity contribution in [1.82, 2.24) is 4.98 Å². The molecule has 5 heteroatoms. The van der Waals surface area contributed by atoms with E-state index in [1.165, 1.54) is 0 Å². The van der Waals surface area contributed by atoms with Gasteiger partial charge in [0.05, 0.1) is 12.1 Å². The lowest BCUT2D eigenvalue weighted by atomic mass is 10.0. The second-order valence-electron chi connectivity index (χ2n) is 4.46. The number of nitrogens with two attached hydrogens (primary N) is 1. The zero-order valence-corrected chi connectivity index (χ0v) is 11.5. The van der Waals surface area contributed by atoms with E-state index >= 15 is 0 Å². The maximum Gasteiger partial charge on any atom is 0.303 e. The van der Waals surface area contributed by atoms with Crippen LogP contribution in [0.25, 0.3) is 0 Å². The number of aryl methyl sites for hydroxylation is 1. The number of carboxylic acid groups (broad SMARTS) is 1. The molecular weight excluding hydrogens is 260 g/mol. The van der Waals surface area contributed by atoms with Crippen LogP contribution in [0.5, 0.6) is 0 Å². The normalized spacial score (nSPS) is 12.3. The Bertz CT molecular complexity index is 580. The molecule has 0 aliphatic carbocycles. The second kappa shape index (κ2) is 5.84. The summed E-state index contributed by atoms with van der Waals surface area (Å²) < 4.78 is 0. The first-order valence-electron chi connectivity index (χ1n) is 6.08. The molecule has 0 radical (unpaired) electrons. The van der Waals surface area contributed by atoms with E-state index < -0.39 is 5.97 Å². The maximum atomic E-state index is 10.5. The molecule has 0 bridgehead atoms. The highest BCUT2D eigenvalue weighted by atomic mass is 32.1. The molecule has 1 unspecified atom stereocenters. The molecule has 0 saturated heterocycles. The first kappa shape index (κ1) is 13.5. The molecule has 1 heterocycles. The van der Waals surface area contributed by atoms with Crippen molar-refractivity contribution in [2.45, 2.75) is 25.7 Å². The number of anilines is 1. The van der Waals surface area contributed by atoms with Crippen molar-refractivity contribution in [3.05, 3.63) is 45.9 Å². The third-order valence-corrected chi connectivity index (χ3v) is 4.02. The smallest absolute Gasteiger partial charge is 0.303 e. The molecule has 0 saturated carbocycles. The van der Waals surface area contributed by atoms with Crippen LogP contribution >= 0.6 is 11.3 Å². The van der Waals surface area contributed by atoms with Crippen LogP contribution in [0, 0.1) is 0 Å². The van der Waals surface area contributed by atoms with E-state index in [0.717, 1.165) is 22.0 Å². The number of aromatic nitrogens is 1. The monoisotopic (exact) mass is 276 g/mol. The van der Waals surface area contributed by atoms with Crippen LogP contribution in [0.2, 0.25) is 0 Å². The fourth-order valence-electron chi connectivity index (χ4n) is 1.84. The van der Waals surface area contributed by atoms with Gasteiger partial charge in [0.2, 0.25) is 0 Å². The van der Waals surface area contributed by atoms with Gasteiger partial charge in [-0.15, -0.1) is 11.3 Å². The minimum atomic E-state index is -0.793. The van der Waals surface area contributed by atoms with E-state index in [-0.39, 0.29) is 12.3 Å². The molecule has 0 spiro atoms. The van der Waals surface area contributed by atoms with Crippen LogP contribution in [0.3, 0.4) is 0 Å². The molecule has 1 atom stereocenters. The van der Waals surface area contributed by atoms with Crippen LogP contribution in [0.4, 0.5) is 5.69 Å². The summed E-state index contributed by atoms with van der Waals surface area (Å²) in [5.74, 6) is -0.620. The molecule has 4 nitrogen and oxygen atoms in total. The Hall–Kier alpha value is -1.88. The number of rotatable bonds is 5. The van der Waals surface area contributed by atoms with Gasteiger partial charge in [-0.05, 0) is 17.7 Å². The standard InChI is InChI=1S/C14H16N2O2S/c1-9(10-3-2-4-11(15)7-10)14-16-12(8-19-14)5-6-13(17)18/h2-4,7-9H,5-6,15H2,1H3,(H,17,18). The number of carboxylic acids is 1. The lowest BCUT2D eigenvalue weighted by Crippen LogP contribution is -2.00. The van der Waals surface area contributed by atoms with Crippen LogP contribution in [0.1, 0.15) is 35.5 Å². The van der Waals surface area contributed by atoms with E-state index in [1.807, 2.05) is 29.6 Å². The summed E-state index contributed by atoms with van der Waals surface area (Å²) in [5.41, 5.74) is 8.49. The molecule has 2 aromatic rings. The summed E-state index contributed by atoms with van der Waals surface area (Å²) in [4.78, 5) is 15.0. The van der Waals surface area contributed by atoms with Gasteiger partial charge in [-0.25, -0.2) is 4.98 Å². The predicted octanol–water partition coefficient (Wildman–Crippen LogP) is 2.89. The minimum absolute atomic E-state index is 0.121. The molecular formula is C14H16N2O2S. The Balaban J connectivity index is 2.11. The van der Waals surface area contributed by atoms with Crippen molar-refractivity contribution < 1.29 is 9.90 Å². The summed E-state index contributed by atoms with van der Waals surface area (Å²) >= 11 is 1.57. The van der Waals surface area contributed by atoms with Gasteiger partial charge in [-0.3, -0.25) is 4.79 Å². The number of nitrogens with zero attached hydrogens (tertiary/aromatic N) is 1. The zero-order valence-electron chi connectivity index (χ0n) is 10.7. The Morgan fingerprint density at radius 1 is 1.53 bits per heavy atom. The number of nitrogen functional groups attached to an aromatic ring is 1. The van der Waals surface area contributed by atoms with E-state index in [1.54, 1.807) is 11.3 Å². The van der Waals surface area contributed by atoms with Crippen molar-refractivity contribution >= 4 is 23.0 Å². The summed E-state index contributed by atoms with van der Waals surface area (Å²) in [7, 11) is 0. The fourth-order valence-corrected chi connectivity index (χ4v) is 2.78. The number of benzene rings is 1. The Kier molecular flexibility index (Phi) is 4.16. The first-order valence-corrected chi connectivity index (χ1v) is 6.95. The highest BCUT2D eigenvalue weighted by Crippen LogP contribution is 2.28. The van der Waals surface area contributed by atoms with Crippen molar-refractivity contribution in [3.8, 4) is 0 Å². The first-order chi connectivity index (χ1) is 9.06. The molecule has 1 aromatic heterocycles. The molecule has 0 amide bonds. The van der Waals surface area contributed by atoms with E-state index in [2.05, 4.69) is 11.9 Å². The van der Waals surface area contributed by atoms with Crippen molar-refractivity contribution in [2.75, 3.05) is 5.73 Å². The van der Waals surface area contributed by atoms with Crippen molar-refractivity contribution in [2.24, 2.45) is 0 Å². The number of thiazole rings is 1. The topological polar surface area (TPSA) is 76.2 Å². The molecule has 100 valence electrons. The molecule has 0 aliphatic rings. The lowest BCUT2D eigenvalue weighted by Gasteiger charge is -2.09. The van der Waals surface area contributed by atoms with Gasteiger partial charge in [0.15, 0.2) is 0 Å². The van der Waals surface area contributed by atoms with Gasteiger partial charge in [0, 0.05) is 23.4 Å². The Labute approximate surface area is 115 Å². The van der Waals surface area contributed by atoms with Gasteiger partial charge in [-0.1, -0.05) is 19.1 Å². The van der Waals surface area contributed by atoms with Gasteiger partial charge in [0.1, 0.15) is 5.01 Å². The number of hydrogen-bond acceptors (Lipinski definition) is 4. The molecule has 19 heavy (non-hydrogen) atoms. The average Bonchev–Trinajstić information content (AvgIpc) is 2.84. The number of carbonyl (C=O) groups is 1. The fraction of sp³-hybridized carbons (Fsp3) is 0.286. The Morgan fingerprint density at radius 2 is 2.32 bits per heavy atom. The van der Waals surface area contributed by atoms with Gasteiger partial charge < -0.3 is 10.8 Å². The van der Waals surface area contributed by atoms with Gasteiger partial charge in [0.25, 0.3) is 0 Å². The van der Waals surface area contributed by atoms with E-state index in [0.29, 0.717) is 6.42 Å². The third kappa shape index (κ3) is 3.54. The van der Waals surface area contributed by atoms with E-state index in [9.17, 15) is 4.79 Å². The maximum absolute atomic E-state index is 10.5. The molecule has 0 fully saturated rings. The summed E-state index contributed by atoms with van der Waals surface area (Å²) in [6.45, 7) is 2.08. The summed E-state index contributed by atoms with van der Waals surface area (Å²) in [6.07, 6.45) is 0.603. The lowest BCUT2D eigenvalue weighted by molar-refractivity contribution is -0.136. The predicted molar refractivity (Wildman–Crippen MR) is 76.4 cm³/mol. The highest BCUT2D eigenvalue weighted by molar-refractivity contribution is 7.09. The Morgan fingerprint density at radius 3 is 3.00 bits per heavy atom. The molecule has 3 N–H and O–H groups in total. The van der Waals surface area contributed by atoms with Crippen LogP contribution < -0.4 is 5.73 Å². The van der Waals surface area contributed by atoms with Gasteiger partial charge in [-0.2, -0.15) is 0 Å². The number of aliphatic carboxylic acids is 1. The molecule has 1 aromatic carbocycles. The average molecular weight is 276 g/mol. The summed E-state index contributed by atoms with van der Waals surface area (Å²) in [6, 6.07) is 7.76. The molecule has 2 rings (SSSR count). The van der Waals surface area contributed by atoms with Crippen molar-refractivity contribution in [3.63, 3.8) is 0 Å². The summed E-state index contributed by atoms with van der Waals surface area (Å²) in [5, 5.41) is 11.6. The zero-order chi connectivity index (χ0) is 13.8. The SMILES string of the molecule is CC(c1cccc(N)c1)c1nc(CCC(=O)O)cs1. The van der Waals surface area contributed by atoms with Crippen LogP contribution in [0.15, 0.2) is 29.6 Å². The second-order valence-corrected chi connectivity index (χ2v) is 5.35. The largest absolute Gasteiger partial charge is 0.481 e. The minimum Gasteiger partial charge on any atom is -0.481 e. The number of hydrogen-bond donors (Lipinski definition) is 2. The van der Waals surface area contributed by atoms with Crippen LogP contribution in [-0.2, 0) is 11.2 Å². The highest BCUT2D eigenvalue weighted by Gasteiger charge is 2.13. The van der Waals surface area contributed by atoms with Gasteiger partial charge >= 0.3 is 5.97 Å². The quantitative estimate of drug-likeness (QED) is 0.823. The molecule has 0 aliphatic heterocycles. The van der Waals surface area contributed by atoms with Crippen molar-refractivity contribution in [1.29, 1.82) is 0 Å². The van der Waals surface area contributed by atoms with E-state index in [4.69, 9.17) is 10.8 Å².